The molecule has 6 heteroatoms. The molecule has 0 aromatic carbocycles. The van der Waals surface area contributed by atoms with Crippen molar-refractivity contribution in [1.29, 1.82) is 0 Å². The number of rotatable bonds is 1. The summed E-state index contributed by atoms with van der Waals surface area (Å²) < 4.78 is 6.19. The van der Waals surface area contributed by atoms with Crippen molar-refractivity contribution in [1.82, 2.24) is 0 Å². The molecule has 1 heterocycles. The predicted molar refractivity (Wildman–Crippen MR) is 166 cm³/mol. The maximum absolute atomic E-state index is 14.5. The molecule has 7 rings (SSSR count). The van der Waals surface area contributed by atoms with Crippen LogP contribution in [0.5, 0.6) is 0 Å². The van der Waals surface area contributed by atoms with Gasteiger partial charge in [0.15, 0.2) is 11.6 Å². The van der Waals surface area contributed by atoms with Crippen LogP contribution in [0, 0.1) is 62.6 Å². The molecule has 12 atom stereocenters. The molecule has 0 bridgehead atoms. The van der Waals surface area contributed by atoms with Crippen molar-refractivity contribution in [2.24, 2.45) is 62.6 Å². The van der Waals surface area contributed by atoms with E-state index in [1.54, 1.807) is 0 Å². The summed E-state index contributed by atoms with van der Waals surface area (Å²) in [4.78, 5) is 56.0. The highest BCUT2D eigenvalue weighted by molar-refractivity contribution is 6.16. The molecule has 1 aliphatic heterocycles. The Morgan fingerprint density at radius 3 is 2.16 bits per heavy atom. The first-order chi connectivity index (χ1) is 20.5. The zero-order chi connectivity index (χ0) is 31.8. The summed E-state index contributed by atoms with van der Waals surface area (Å²) in [6.45, 7) is 18.5. The van der Waals surface area contributed by atoms with E-state index in [2.05, 4.69) is 48.1 Å². The van der Waals surface area contributed by atoms with Gasteiger partial charge in [-0.2, -0.15) is 0 Å². The fourth-order valence-electron chi connectivity index (χ4n) is 14.4. The van der Waals surface area contributed by atoms with E-state index in [4.69, 9.17) is 4.74 Å². The van der Waals surface area contributed by atoms with Crippen molar-refractivity contribution in [3.05, 3.63) is 12.2 Å². The molecule has 0 amide bonds. The van der Waals surface area contributed by atoms with Crippen molar-refractivity contribution >= 4 is 23.3 Å². The summed E-state index contributed by atoms with van der Waals surface area (Å²) in [5.41, 5.74) is -2.06. The Morgan fingerprint density at radius 1 is 0.795 bits per heavy atom. The van der Waals surface area contributed by atoms with Crippen molar-refractivity contribution in [3.63, 3.8) is 0 Å². The van der Waals surface area contributed by atoms with Crippen LogP contribution in [-0.2, 0) is 23.9 Å². The van der Waals surface area contributed by atoms with Gasteiger partial charge in [-0.1, -0.05) is 46.8 Å². The van der Waals surface area contributed by atoms with Crippen LogP contribution in [0.15, 0.2) is 12.2 Å². The standard InChI is InChI=1S/C38H54O6/c1-21(2)22-14-19-37-24(25(39)9-11-29(41)38(37)30(42)12-13-31(43)44-38)20-36(7)23(32(22)37)8-10-27-34(5)17-16-28(40)33(3,4)26(34)15-18-35(27,36)6/h22-24,26-28,32,40H,1,8-20H2,2-7H3/t22-,23+,24?,26-,27+,28-,32+,34-,35+,36+,37-,38?/m0/s1. The van der Waals surface area contributed by atoms with Gasteiger partial charge in [-0.05, 0) is 116 Å². The van der Waals surface area contributed by atoms with Crippen LogP contribution in [0.3, 0.4) is 0 Å². The van der Waals surface area contributed by atoms with E-state index in [0.717, 1.165) is 50.5 Å². The van der Waals surface area contributed by atoms with Gasteiger partial charge in [-0.3, -0.25) is 19.2 Å². The van der Waals surface area contributed by atoms with Gasteiger partial charge in [-0.25, -0.2) is 0 Å². The van der Waals surface area contributed by atoms with Gasteiger partial charge >= 0.3 is 5.97 Å². The predicted octanol–water partition coefficient (Wildman–Crippen LogP) is 6.81. The largest absolute Gasteiger partial charge is 0.442 e. The second kappa shape index (κ2) is 9.38. The zero-order valence-electron chi connectivity index (χ0n) is 27.9. The Hall–Kier alpha value is -1.82. The Kier molecular flexibility index (Phi) is 6.57. The molecule has 2 spiro atoms. The summed E-state index contributed by atoms with van der Waals surface area (Å²) in [6.07, 6.45) is 7.80. The first-order valence-electron chi connectivity index (χ1n) is 17.7. The van der Waals surface area contributed by atoms with Crippen LogP contribution >= 0.6 is 0 Å². The van der Waals surface area contributed by atoms with Crippen molar-refractivity contribution in [3.8, 4) is 0 Å². The topological polar surface area (TPSA) is 97.7 Å². The van der Waals surface area contributed by atoms with Gasteiger partial charge < -0.3 is 9.84 Å². The number of allylic oxidation sites excluding steroid dienone is 1. The van der Waals surface area contributed by atoms with E-state index in [-0.39, 0.29) is 88.6 Å². The van der Waals surface area contributed by atoms with E-state index >= 15 is 0 Å². The van der Waals surface area contributed by atoms with Gasteiger partial charge in [0.25, 0.3) is 0 Å². The van der Waals surface area contributed by atoms with Crippen molar-refractivity contribution < 1.29 is 29.0 Å². The summed E-state index contributed by atoms with van der Waals surface area (Å²) in [5.74, 6) is -0.440. The van der Waals surface area contributed by atoms with Crippen LogP contribution in [0.25, 0.3) is 0 Å². The quantitative estimate of drug-likeness (QED) is 0.200. The third-order valence-electron chi connectivity index (χ3n) is 16.4. The second-order valence-corrected chi connectivity index (χ2v) is 17.8. The first-order valence-corrected chi connectivity index (χ1v) is 17.7. The number of aliphatic hydroxyl groups excluding tert-OH is 1. The molecule has 1 N–H and O–H groups in total. The molecule has 6 nitrogen and oxygen atoms in total. The minimum Gasteiger partial charge on any atom is -0.442 e. The smallest absolute Gasteiger partial charge is 0.307 e. The number of fused-ring (bicyclic) bond motifs is 6. The van der Waals surface area contributed by atoms with Gasteiger partial charge in [0.1, 0.15) is 5.78 Å². The van der Waals surface area contributed by atoms with Crippen LogP contribution in [0.1, 0.15) is 125 Å². The van der Waals surface area contributed by atoms with Crippen molar-refractivity contribution in [2.75, 3.05) is 0 Å². The fourth-order valence-corrected chi connectivity index (χ4v) is 14.4. The molecule has 1 saturated heterocycles. The number of carbonyl (C=O) groups is 4. The summed E-state index contributed by atoms with van der Waals surface area (Å²) in [5, 5.41) is 11.1. The lowest BCUT2D eigenvalue weighted by Gasteiger charge is -2.74. The molecule has 2 unspecified atom stereocenters. The van der Waals surface area contributed by atoms with Gasteiger partial charge in [0.2, 0.25) is 5.60 Å². The summed E-state index contributed by atoms with van der Waals surface area (Å²) >= 11 is 0. The molecule has 44 heavy (non-hydrogen) atoms. The SMILES string of the molecule is C=C(C)[C@@H]1CC[C@]23C(C[C@]4(C)[C@H](CC[C@@H]5[C@@]6(C)CC[C@H](O)C(C)(C)[C@@H]6CC[C@]54C)[C@@H]12)C(=O)CCC(=O)C31OC(=O)CCC1=O. The Labute approximate surface area is 263 Å². The molecular weight excluding hydrogens is 552 g/mol. The van der Waals surface area contributed by atoms with Crippen molar-refractivity contribution in [2.45, 2.75) is 137 Å². The van der Waals surface area contributed by atoms with E-state index in [0.29, 0.717) is 24.7 Å². The molecule has 0 radical (unpaired) electrons. The molecule has 7 aliphatic rings. The monoisotopic (exact) mass is 606 g/mol. The van der Waals surface area contributed by atoms with E-state index in [9.17, 15) is 24.3 Å². The highest BCUT2D eigenvalue weighted by Gasteiger charge is 2.80. The van der Waals surface area contributed by atoms with E-state index in [1.165, 1.54) is 0 Å². The lowest BCUT2D eigenvalue weighted by atomic mass is 9.30. The maximum Gasteiger partial charge on any atom is 0.307 e. The Morgan fingerprint density at radius 2 is 1.48 bits per heavy atom. The molecule has 0 aromatic heterocycles. The molecule has 7 fully saturated rings. The number of hydrogen-bond donors (Lipinski definition) is 1. The van der Waals surface area contributed by atoms with Gasteiger partial charge in [0, 0.05) is 30.6 Å². The molecular formula is C38H54O6. The fraction of sp³-hybridized carbons (Fsp3) is 0.842. The Bertz CT molecular complexity index is 1350. The second-order valence-electron chi connectivity index (χ2n) is 17.8. The Balaban J connectivity index is 1.42. The number of Topliss-reactive ketones (excluding diaryl/α,β-unsaturated/α-hetero) is 3. The third-order valence-corrected chi connectivity index (χ3v) is 16.4. The van der Waals surface area contributed by atoms with Gasteiger partial charge in [0.05, 0.1) is 12.5 Å². The number of ketones is 3. The average Bonchev–Trinajstić information content (AvgIpc) is 3.34. The highest BCUT2D eigenvalue weighted by atomic mass is 16.6. The lowest BCUT2D eigenvalue weighted by molar-refractivity contribution is -0.270. The van der Waals surface area contributed by atoms with Crippen LogP contribution in [-0.4, -0.2) is 40.1 Å². The van der Waals surface area contributed by atoms with Crippen LogP contribution in [0.4, 0.5) is 0 Å². The third kappa shape index (κ3) is 3.38. The number of esters is 1. The minimum absolute atomic E-state index is 0.00281. The number of carbonyl (C=O) groups excluding carboxylic acids is 4. The highest BCUT2D eigenvalue weighted by Crippen LogP contribution is 2.80. The van der Waals surface area contributed by atoms with E-state index < -0.39 is 22.9 Å². The first kappa shape index (κ1) is 30.8. The molecule has 6 aliphatic carbocycles. The summed E-state index contributed by atoms with van der Waals surface area (Å²) in [6, 6.07) is 0. The van der Waals surface area contributed by atoms with Crippen LogP contribution < -0.4 is 0 Å². The zero-order valence-corrected chi connectivity index (χ0v) is 27.9. The van der Waals surface area contributed by atoms with E-state index in [1.807, 2.05) is 0 Å². The minimum atomic E-state index is -1.85. The molecule has 242 valence electrons. The number of hydrogen-bond acceptors (Lipinski definition) is 6. The maximum atomic E-state index is 14.5. The normalized spacial score (nSPS) is 53.0. The summed E-state index contributed by atoms with van der Waals surface area (Å²) in [7, 11) is 0. The van der Waals surface area contributed by atoms with Gasteiger partial charge in [-0.15, -0.1) is 0 Å². The van der Waals surface area contributed by atoms with Crippen LogP contribution in [0.2, 0.25) is 0 Å². The molecule has 0 aromatic rings. The molecule has 6 saturated carbocycles. The average molecular weight is 607 g/mol. The lowest BCUT2D eigenvalue weighted by Crippen LogP contribution is -2.74. The number of ether oxygens (including phenoxy) is 1. The number of aliphatic hydroxyl groups is 1.